The van der Waals surface area contributed by atoms with E-state index in [1.807, 2.05) is 0 Å². The van der Waals surface area contributed by atoms with E-state index < -0.39 is 6.09 Å². The minimum absolute atomic E-state index is 0.107. The lowest BCUT2D eigenvalue weighted by Gasteiger charge is -2.13. The second-order valence-corrected chi connectivity index (χ2v) is 5.30. The summed E-state index contributed by atoms with van der Waals surface area (Å²) >= 11 is 0. The summed E-state index contributed by atoms with van der Waals surface area (Å²) in [5.74, 6) is 0. The van der Waals surface area contributed by atoms with Gasteiger partial charge in [-0.15, -0.1) is 0 Å². The Morgan fingerprint density at radius 3 is 1.84 bits per heavy atom. The zero-order valence-electron chi connectivity index (χ0n) is 12.4. The fourth-order valence-electron chi connectivity index (χ4n) is 2.26. The molecule has 114 valence electrons. The molecule has 4 nitrogen and oxygen atoms in total. The van der Waals surface area contributed by atoms with Crippen molar-refractivity contribution in [2.75, 3.05) is 6.61 Å². The summed E-state index contributed by atoms with van der Waals surface area (Å²) in [6.45, 7) is 2.13. The maximum absolute atomic E-state index is 10.4. The van der Waals surface area contributed by atoms with Crippen LogP contribution in [0.25, 0.3) is 0 Å². The molecule has 1 amide bonds. The first-order valence-electron chi connectivity index (χ1n) is 7.81. The van der Waals surface area contributed by atoms with E-state index in [2.05, 4.69) is 12.2 Å². The van der Waals surface area contributed by atoms with Gasteiger partial charge in [-0.25, -0.2) is 4.79 Å². The van der Waals surface area contributed by atoms with Crippen LogP contribution in [0.4, 0.5) is 4.79 Å². The highest BCUT2D eigenvalue weighted by Gasteiger charge is 2.08. The molecule has 0 aromatic heterocycles. The normalized spacial score (nSPS) is 12.3. The Labute approximate surface area is 117 Å². The molecule has 0 spiro atoms. The molecule has 0 rings (SSSR count). The van der Waals surface area contributed by atoms with E-state index in [4.69, 9.17) is 10.2 Å². The van der Waals surface area contributed by atoms with Crippen molar-refractivity contribution in [2.24, 2.45) is 0 Å². The smallest absolute Gasteiger partial charge is 0.404 e. The second-order valence-electron chi connectivity index (χ2n) is 5.30. The van der Waals surface area contributed by atoms with Gasteiger partial charge >= 0.3 is 6.09 Å². The first-order chi connectivity index (χ1) is 9.20. The van der Waals surface area contributed by atoms with E-state index in [-0.39, 0.29) is 12.6 Å². The number of hydrogen-bond acceptors (Lipinski definition) is 2. The SMILES string of the molecule is CCCCCCCCCCCCC(CO)NC(=O)O. The van der Waals surface area contributed by atoms with Gasteiger partial charge in [-0.3, -0.25) is 0 Å². The molecule has 0 radical (unpaired) electrons. The number of amides is 1. The van der Waals surface area contributed by atoms with Gasteiger partial charge in [-0.1, -0.05) is 71.1 Å². The van der Waals surface area contributed by atoms with Gasteiger partial charge < -0.3 is 15.5 Å². The van der Waals surface area contributed by atoms with Crippen molar-refractivity contribution in [1.29, 1.82) is 0 Å². The summed E-state index contributed by atoms with van der Waals surface area (Å²) in [6.07, 6.45) is 12.4. The molecule has 0 saturated carbocycles. The van der Waals surface area contributed by atoms with Gasteiger partial charge in [0.15, 0.2) is 0 Å². The predicted molar refractivity (Wildman–Crippen MR) is 78.5 cm³/mol. The molecule has 0 aliphatic rings. The van der Waals surface area contributed by atoms with E-state index in [0.717, 1.165) is 19.3 Å². The molecule has 1 unspecified atom stereocenters. The maximum atomic E-state index is 10.4. The molecule has 4 heteroatoms. The topological polar surface area (TPSA) is 69.6 Å². The lowest BCUT2D eigenvalue weighted by atomic mass is 10.0. The van der Waals surface area contributed by atoms with Gasteiger partial charge in [0.25, 0.3) is 0 Å². The van der Waals surface area contributed by atoms with Crippen LogP contribution in [0.1, 0.15) is 77.6 Å². The monoisotopic (exact) mass is 273 g/mol. The Kier molecular flexibility index (Phi) is 13.1. The minimum Gasteiger partial charge on any atom is -0.465 e. The molecule has 0 bridgehead atoms. The highest BCUT2D eigenvalue weighted by atomic mass is 16.4. The average molecular weight is 273 g/mol. The summed E-state index contributed by atoms with van der Waals surface area (Å²) < 4.78 is 0. The number of unbranched alkanes of at least 4 members (excludes halogenated alkanes) is 9. The highest BCUT2D eigenvalue weighted by molar-refractivity contribution is 5.64. The zero-order valence-corrected chi connectivity index (χ0v) is 12.4. The van der Waals surface area contributed by atoms with Gasteiger partial charge in [-0.2, -0.15) is 0 Å². The lowest BCUT2D eigenvalue weighted by molar-refractivity contribution is 0.174. The summed E-state index contributed by atoms with van der Waals surface area (Å²) in [7, 11) is 0. The fourth-order valence-corrected chi connectivity index (χ4v) is 2.26. The fraction of sp³-hybridized carbons (Fsp3) is 0.933. The molecule has 0 fully saturated rings. The Hall–Kier alpha value is -0.770. The number of carbonyl (C=O) groups is 1. The molecular weight excluding hydrogens is 242 g/mol. The maximum Gasteiger partial charge on any atom is 0.404 e. The number of aliphatic hydroxyl groups is 1. The molecule has 19 heavy (non-hydrogen) atoms. The lowest BCUT2D eigenvalue weighted by Crippen LogP contribution is -2.36. The van der Waals surface area contributed by atoms with Gasteiger partial charge in [0.2, 0.25) is 0 Å². The Morgan fingerprint density at radius 1 is 0.947 bits per heavy atom. The van der Waals surface area contributed by atoms with Crippen molar-refractivity contribution >= 4 is 6.09 Å². The van der Waals surface area contributed by atoms with E-state index in [1.165, 1.54) is 51.4 Å². The molecule has 0 aromatic carbocycles. The molecule has 3 N–H and O–H groups in total. The largest absolute Gasteiger partial charge is 0.465 e. The van der Waals surface area contributed by atoms with Crippen LogP contribution in [0.3, 0.4) is 0 Å². The predicted octanol–water partition coefficient (Wildman–Crippen LogP) is 3.93. The Bertz CT molecular complexity index is 210. The van der Waals surface area contributed by atoms with Crippen LogP contribution in [0.15, 0.2) is 0 Å². The molecule has 0 heterocycles. The molecular formula is C15H31NO3. The Morgan fingerprint density at radius 2 is 1.42 bits per heavy atom. The Balaban J connectivity index is 3.23. The molecule has 0 aromatic rings. The summed E-state index contributed by atoms with van der Waals surface area (Å²) in [5, 5.41) is 19.9. The van der Waals surface area contributed by atoms with Crippen molar-refractivity contribution in [2.45, 2.75) is 83.6 Å². The average Bonchev–Trinajstić information content (AvgIpc) is 2.39. The number of nitrogens with one attached hydrogen (secondary N) is 1. The van der Waals surface area contributed by atoms with Crippen LogP contribution in [0.2, 0.25) is 0 Å². The van der Waals surface area contributed by atoms with Crippen molar-refractivity contribution in [3.05, 3.63) is 0 Å². The summed E-state index contributed by atoms with van der Waals surface area (Å²) in [6, 6.07) is -0.299. The van der Waals surface area contributed by atoms with Crippen LogP contribution in [-0.4, -0.2) is 29.0 Å². The third-order valence-corrected chi connectivity index (χ3v) is 3.45. The number of carboxylic acid groups (broad SMARTS) is 1. The number of aliphatic hydroxyl groups excluding tert-OH is 1. The van der Waals surface area contributed by atoms with Gasteiger partial charge in [0.1, 0.15) is 0 Å². The van der Waals surface area contributed by atoms with Gasteiger partial charge in [0.05, 0.1) is 12.6 Å². The van der Waals surface area contributed by atoms with Gasteiger partial charge in [-0.05, 0) is 6.42 Å². The second kappa shape index (κ2) is 13.7. The first-order valence-corrected chi connectivity index (χ1v) is 7.81. The van der Waals surface area contributed by atoms with Crippen LogP contribution >= 0.6 is 0 Å². The van der Waals surface area contributed by atoms with Crippen molar-refractivity contribution < 1.29 is 15.0 Å². The minimum atomic E-state index is -1.05. The van der Waals surface area contributed by atoms with Crippen molar-refractivity contribution in [3.8, 4) is 0 Å². The van der Waals surface area contributed by atoms with E-state index in [1.54, 1.807) is 0 Å². The van der Waals surface area contributed by atoms with Crippen molar-refractivity contribution in [3.63, 3.8) is 0 Å². The van der Waals surface area contributed by atoms with Crippen LogP contribution in [-0.2, 0) is 0 Å². The first kappa shape index (κ1) is 18.2. The molecule has 0 saturated heterocycles. The zero-order chi connectivity index (χ0) is 14.3. The molecule has 0 aliphatic carbocycles. The highest BCUT2D eigenvalue weighted by Crippen LogP contribution is 2.11. The van der Waals surface area contributed by atoms with Crippen LogP contribution in [0.5, 0.6) is 0 Å². The van der Waals surface area contributed by atoms with E-state index >= 15 is 0 Å². The summed E-state index contributed by atoms with van der Waals surface area (Å²) in [5.41, 5.74) is 0. The quantitative estimate of drug-likeness (QED) is 0.445. The third-order valence-electron chi connectivity index (χ3n) is 3.45. The van der Waals surface area contributed by atoms with Crippen LogP contribution < -0.4 is 5.32 Å². The number of rotatable bonds is 13. The summed E-state index contributed by atoms with van der Waals surface area (Å²) in [4.78, 5) is 10.4. The van der Waals surface area contributed by atoms with Crippen LogP contribution in [0, 0.1) is 0 Å². The molecule has 0 aliphatic heterocycles. The third kappa shape index (κ3) is 13.5. The standard InChI is InChI=1S/C15H31NO3/c1-2-3-4-5-6-7-8-9-10-11-12-14(13-17)16-15(18)19/h14,16-17H,2-13H2,1H3,(H,18,19). The number of hydrogen-bond donors (Lipinski definition) is 3. The van der Waals surface area contributed by atoms with Gasteiger partial charge in [0, 0.05) is 0 Å². The molecule has 1 atom stereocenters. The van der Waals surface area contributed by atoms with E-state index in [0.29, 0.717) is 0 Å². The van der Waals surface area contributed by atoms with Crippen molar-refractivity contribution in [1.82, 2.24) is 5.32 Å². The van der Waals surface area contributed by atoms with E-state index in [9.17, 15) is 4.79 Å².